The van der Waals surface area contributed by atoms with Crippen molar-refractivity contribution in [3.05, 3.63) is 54.1 Å². The first-order chi connectivity index (χ1) is 12.7. The number of ether oxygens (including phenoxy) is 4. The van der Waals surface area contributed by atoms with E-state index in [4.69, 9.17) is 18.9 Å². The van der Waals surface area contributed by atoms with Gasteiger partial charge < -0.3 is 24.3 Å². The number of hydrogen-bond donors (Lipinski definition) is 1. The quantitative estimate of drug-likeness (QED) is 0.794. The molecule has 136 valence electrons. The number of amides is 1. The van der Waals surface area contributed by atoms with Gasteiger partial charge in [0.25, 0.3) is 5.91 Å². The summed E-state index contributed by atoms with van der Waals surface area (Å²) in [4.78, 5) is 23.8. The number of benzene rings is 2. The minimum Gasteiger partial charge on any atom is -0.497 e. The summed E-state index contributed by atoms with van der Waals surface area (Å²) in [7, 11) is 1.54. The lowest BCUT2D eigenvalue weighted by Gasteiger charge is -2.26. The maximum Gasteiger partial charge on any atom is 0.338 e. The summed E-state index contributed by atoms with van der Waals surface area (Å²) < 4.78 is 21.3. The van der Waals surface area contributed by atoms with Crippen LogP contribution < -0.4 is 19.5 Å². The molecule has 1 N–H and O–H groups in total. The van der Waals surface area contributed by atoms with Crippen molar-refractivity contribution in [3.63, 3.8) is 0 Å². The third-order valence-electron chi connectivity index (χ3n) is 3.75. The minimum atomic E-state index is -0.575. The van der Waals surface area contributed by atoms with Crippen LogP contribution in [0.4, 0.5) is 0 Å². The number of rotatable bonds is 6. The zero-order valence-electron chi connectivity index (χ0n) is 14.3. The highest BCUT2D eigenvalue weighted by Gasteiger charge is 2.21. The van der Waals surface area contributed by atoms with E-state index in [2.05, 4.69) is 5.32 Å². The zero-order valence-corrected chi connectivity index (χ0v) is 14.3. The van der Waals surface area contributed by atoms with Crippen LogP contribution in [0.15, 0.2) is 48.5 Å². The first-order valence-electron chi connectivity index (χ1n) is 8.12. The molecule has 1 heterocycles. The lowest BCUT2D eigenvalue weighted by atomic mass is 10.2. The average Bonchev–Trinajstić information content (AvgIpc) is 2.70. The van der Waals surface area contributed by atoms with E-state index >= 15 is 0 Å². The molecule has 0 spiro atoms. The fraction of sp³-hybridized carbons (Fsp3) is 0.263. The van der Waals surface area contributed by atoms with Crippen LogP contribution in [0.2, 0.25) is 0 Å². The van der Waals surface area contributed by atoms with Crippen molar-refractivity contribution in [2.24, 2.45) is 0 Å². The second-order valence-electron chi connectivity index (χ2n) is 5.61. The first kappa shape index (κ1) is 17.6. The van der Waals surface area contributed by atoms with E-state index in [0.717, 1.165) is 0 Å². The van der Waals surface area contributed by atoms with Crippen molar-refractivity contribution >= 4 is 11.9 Å². The Morgan fingerprint density at radius 2 is 1.85 bits per heavy atom. The van der Waals surface area contributed by atoms with Crippen molar-refractivity contribution < 1.29 is 28.5 Å². The van der Waals surface area contributed by atoms with Crippen LogP contribution in [0.3, 0.4) is 0 Å². The second kappa shape index (κ2) is 8.24. The molecule has 2 aromatic rings. The van der Waals surface area contributed by atoms with Gasteiger partial charge in [0.15, 0.2) is 18.1 Å². The van der Waals surface area contributed by atoms with Gasteiger partial charge in [-0.05, 0) is 36.4 Å². The van der Waals surface area contributed by atoms with Crippen LogP contribution in [-0.4, -0.2) is 44.8 Å². The van der Waals surface area contributed by atoms with E-state index < -0.39 is 11.9 Å². The molecule has 3 rings (SSSR count). The molecule has 0 radical (unpaired) electrons. The van der Waals surface area contributed by atoms with E-state index in [0.29, 0.717) is 29.4 Å². The monoisotopic (exact) mass is 357 g/mol. The molecular formula is C19H19NO6. The van der Waals surface area contributed by atoms with E-state index in [-0.39, 0.29) is 19.3 Å². The number of fused-ring (bicyclic) bond motifs is 1. The maximum atomic E-state index is 11.9. The predicted octanol–water partition coefficient (Wildman–Crippen LogP) is 1.81. The molecule has 0 bridgehead atoms. The Morgan fingerprint density at radius 3 is 2.58 bits per heavy atom. The number of esters is 1. The van der Waals surface area contributed by atoms with Crippen molar-refractivity contribution in [1.82, 2.24) is 5.32 Å². The Morgan fingerprint density at radius 1 is 1.12 bits per heavy atom. The van der Waals surface area contributed by atoms with Gasteiger partial charge in [-0.15, -0.1) is 0 Å². The number of carbonyl (C=O) groups excluding carboxylic acids is 2. The summed E-state index contributed by atoms with van der Waals surface area (Å²) in [6, 6.07) is 13.8. The van der Waals surface area contributed by atoms with E-state index in [1.807, 2.05) is 18.2 Å². The molecule has 0 aromatic heterocycles. The Hall–Kier alpha value is -3.22. The molecule has 1 aliphatic heterocycles. The SMILES string of the molecule is COc1ccc(C(=O)OCC(=O)NC[C@@H]2COc3ccccc3O2)cc1. The van der Waals surface area contributed by atoms with Crippen LogP contribution in [0.1, 0.15) is 10.4 Å². The molecule has 0 saturated carbocycles. The number of methoxy groups -OCH3 is 1. The van der Waals surface area contributed by atoms with E-state index in [1.165, 1.54) is 7.11 Å². The van der Waals surface area contributed by atoms with Crippen LogP contribution in [0, 0.1) is 0 Å². The molecule has 0 saturated heterocycles. The van der Waals surface area contributed by atoms with Gasteiger partial charge >= 0.3 is 5.97 Å². The van der Waals surface area contributed by atoms with Crippen LogP contribution in [0.25, 0.3) is 0 Å². The summed E-state index contributed by atoms with van der Waals surface area (Å²) in [6.07, 6.45) is -0.300. The van der Waals surface area contributed by atoms with Crippen molar-refractivity contribution in [1.29, 1.82) is 0 Å². The van der Waals surface area contributed by atoms with Crippen molar-refractivity contribution in [2.45, 2.75) is 6.10 Å². The summed E-state index contributed by atoms with van der Waals surface area (Å²) in [5.41, 5.74) is 0.347. The fourth-order valence-corrected chi connectivity index (χ4v) is 2.38. The molecule has 2 aromatic carbocycles. The van der Waals surface area contributed by atoms with Crippen LogP contribution in [-0.2, 0) is 9.53 Å². The molecule has 0 aliphatic carbocycles. The van der Waals surface area contributed by atoms with Crippen molar-refractivity contribution in [2.75, 3.05) is 26.9 Å². The Balaban J connectivity index is 1.41. The summed E-state index contributed by atoms with van der Waals surface area (Å²) in [5, 5.41) is 2.67. The third kappa shape index (κ3) is 4.44. The average molecular weight is 357 g/mol. The summed E-state index contributed by atoms with van der Waals surface area (Å²) in [6.45, 7) is 0.227. The van der Waals surface area contributed by atoms with Crippen LogP contribution in [0.5, 0.6) is 17.2 Å². The number of carbonyl (C=O) groups is 2. The highest BCUT2D eigenvalue weighted by atomic mass is 16.6. The molecule has 7 heteroatoms. The zero-order chi connectivity index (χ0) is 18.4. The van der Waals surface area contributed by atoms with Gasteiger partial charge in [0.05, 0.1) is 19.2 Å². The molecule has 7 nitrogen and oxygen atoms in total. The third-order valence-corrected chi connectivity index (χ3v) is 3.75. The van der Waals surface area contributed by atoms with E-state index in [1.54, 1.807) is 30.3 Å². The smallest absolute Gasteiger partial charge is 0.338 e. The Labute approximate surface area is 150 Å². The topological polar surface area (TPSA) is 83.1 Å². The second-order valence-corrected chi connectivity index (χ2v) is 5.61. The molecule has 1 amide bonds. The molecule has 0 unspecified atom stereocenters. The largest absolute Gasteiger partial charge is 0.497 e. The lowest BCUT2D eigenvalue weighted by Crippen LogP contribution is -2.42. The fourth-order valence-electron chi connectivity index (χ4n) is 2.38. The molecular weight excluding hydrogens is 338 g/mol. The summed E-state index contributed by atoms with van der Waals surface area (Å²) in [5.74, 6) is 0.978. The van der Waals surface area contributed by atoms with Gasteiger partial charge in [-0.25, -0.2) is 4.79 Å². The van der Waals surface area contributed by atoms with Gasteiger partial charge in [-0.1, -0.05) is 12.1 Å². The molecule has 1 aliphatic rings. The van der Waals surface area contributed by atoms with Crippen molar-refractivity contribution in [3.8, 4) is 17.2 Å². The highest BCUT2D eigenvalue weighted by Crippen LogP contribution is 2.30. The predicted molar refractivity (Wildman–Crippen MR) is 92.6 cm³/mol. The molecule has 0 fully saturated rings. The molecule has 26 heavy (non-hydrogen) atoms. The van der Waals surface area contributed by atoms with Gasteiger partial charge in [-0.3, -0.25) is 4.79 Å². The van der Waals surface area contributed by atoms with Gasteiger partial charge in [0, 0.05) is 0 Å². The maximum absolute atomic E-state index is 11.9. The van der Waals surface area contributed by atoms with E-state index in [9.17, 15) is 9.59 Å². The Bertz CT molecular complexity index is 774. The number of hydrogen-bond acceptors (Lipinski definition) is 6. The van der Waals surface area contributed by atoms with Crippen LogP contribution >= 0.6 is 0 Å². The minimum absolute atomic E-state index is 0.257. The number of nitrogens with one attached hydrogen (secondary N) is 1. The standard InChI is InChI=1S/C19H19NO6/c1-23-14-8-6-13(7-9-14)19(22)25-12-18(21)20-10-15-11-24-16-4-2-3-5-17(16)26-15/h2-9,15H,10-12H2,1H3,(H,20,21)/t15-/m1/s1. The van der Waals surface area contributed by atoms with Gasteiger partial charge in [0.2, 0.25) is 0 Å². The van der Waals surface area contributed by atoms with Gasteiger partial charge in [0.1, 0.15) is 18.5 Å². The van der Waals surface area contributed by atoms with Gasteiger partial charge in [-0.2, -0.15) is 0 Å². The molecule has 1 atom stereocenters. The number of para-hydroxylation sites is 2. The highest BCUT2D eigenvalue weighted by molar-refractivity contribution is 5.91. The summed E-state index contributed by atoms with van der Waals surface area (Å²) >= 11 is 0. The lowest BCUT2D eigenvalue weighted by molar-refractivity contribution is -0.124. The Kier molecular flexibility index (Phi) is 5.58. The normalized spacial score (nSPS) is 15.0. The first-order valence-corrected chi connectivity index (χ1v) is 8.12.